The van der Waals surface area contributed by atoms with Crippen molar-refractivity contribution in [3.8, 4) is 22.5 Å². The Labute approximate surface area is 241 Å². The summed E-state index contributed by atoms with van der Waals surface area (Å²) in [5, 5.41) is 8.51. The van der Waals surface area contributed by atoms with E-state index in [2.05, 4.69) is 20.4 Å². The molecular formula is C30H30ClN7O3. The van der Waals surface area contributed by atoms with Crippen molar-refractivity contribution in [3.05, 3.63) is 87.1 Å². The number of aryl methyl sites for hydroxylation is 1. The molecule has 2 aromatic carbocycles. The van der Waals surface area contributed by atoms with E-state index in [-0.39, 0.29) is 11.6 Å². The number of benzene rings is 2. The number of nitrogens with two attached hydrogens (primary N) is 1. The number of anilines is 1. The van der Waals surface area contributed by atoms with Crippen LogP contribution in [-0.2, 0) is 17.7 Å². The molecule has 1 saturated heterocycles. The Kier molecular flexibility index (Phi) is 7.78. The number of nitrogens with one attached hydrogen (secondary N) is 1. The van der Waals surface area contributed by atoms with Gasteiger partial charge in [-0.15, -0.1) is 0 Å². The number of hydrogen-bond acceptors (Lipinski definition) is 9. The maximum Gasteiger partial charge on any atom is 0.260 e. The number of ether oxygens (including phenoxy) is 1. The third kappa shape index (κ3) is 5.85. The highest BCUT2D eigenvalue weighted by atomic mass is 35.5. The number of pyridine rings is 1. The Morgan fingerprint density at radius 1 is 1.05 bits per heavy atom. The van der Waals surface area contributed by atoms with Gasteiger partial charge in [-0.25, -0.2) is 4.98 Å². The van der Waals surface area contributed by atoms with Crippen LogP contribution in [0, 0.1) is 6.92 Å². The summed E-state index contributed by atoms with van der Waals surface area (Å²) in [4.78, 5) is 27.8. The highest BCUT2D eigenvalue weighted by Crippen LogP contribution is 2.31. The predicted octanol–water partition coefficient (Wildman–Crippen LogP) is 4.61. The van der Waals surface area contributed by atoms with E-state index in [0.29, 0.717) is 71.3 Å². The number of halogens is 1. The van der Waals surface area contributed by atoms with Gasteiger partial charge in [-0.2, -0.15) is 9.97 Å². The Bertz CT molecular complexity index is 1740. The largest absolute Gasteiger partial charge is 0.381 e. The Hall–Kier alpha value is -4.12. The predicted molar refractivity (Wildman–Crippen MR) is 158 cm³/mol. The third-order valence-electron chi connectivity index (χ3n) is 7.22. The molecule has 0 amide bonds. The number of nitrogens with zero attached hydrogens (tertiary/aromatic N) is 5. The molecule has 0 aliphatic carbocycles. The van der Waals surface area contributed by atoms with Crippen molar-refractivity contribution in [2.75, 3.05) is 25.1 Å². The molecule has 0 atom stereocenters. The fourth-order valence-electron chi connectivity index (χ4n) is 5.04. The zero-order valence-electron chi connectivity index (χ0n) is 22.6. The van der Waals surface area contributed by atoms with Crippen LogP contribution in [0.5, 0.6) is 0 Å². The quantitative estimate of drug-likeness (QED) is 0.274. The molecule has 10 nitrogen and oxygen atoms in total. The van der Waals surface area contributed by atoms with Crippen LogP contribution in [0.15, 0.2) is 64.0 Å². The second-order valence-corrected chi connectivity index (χ2v) is 10.5. The Balaban J connectivity index is 1.43. The minimum Gasteiger partial charge on any atom is -0.381 e. The lowest BCUT2D eigenvalue weighted by Gasteiger charge is -2.23. The van der Waals surface area contributed by atoms with Gasteiger partial charge in [0, 0.05) is 59.5 Å². The molecule has 1 aliphatic heterocycles. The molecule has 0 unspecified atom stereocenters. The van der Waals surface area contributed by atoms with Crippen molar-refractivity contribution >= 4 is 28.6 Å². The van der Waals surface area contributed by atoms with Gasteiger partial charge in [0.15, 0.2) is 0 Å². The van der Waals surface area contributed by atoms with Gasteiger partial charge in [-0.05, 0) is 49.1 Å². The zero-order chi connectivity index (χ0) is 28.3. The third-order valence-corrected chi connectivity index (χ3v) is 7.54. The van der Waals surface area contributed by atoms with Gasteiger partial charge in [-0.1, -0.05) is 53.2 Å². The highest BCUT2D eigenvalue weighted by molar-refractivity contribution is 6.33. The van der Waals surface area contributed by atoms with Crippen LogP contribution in [0.4, 0.5) is 5.95 Å². The van der Waals surface area contributed by atoms with E-state index in [9.17, 15) is 4.79 Å². The molecule has 11 heteroatoms. The lowest BCUT2D eigenvalue weighted by Crippen LogP contribution is -2.29. The van der Waals surface area contributed by atoms with E-state index in [1.54, 1.807) is 35.9 Å². The van der Waals surface area contributed by atoms with Gasteiger partial charge in [0.1, 0.15) is 5.65 Å². The first-order valence-electron chi connectivity index (χ1n) is 13.6. The second-order valence-electron chi connectivity index (χ2n) is 10.1. The maximum atomic E-state index is 14.1. The average molecular weight is 572 g/mol. The van der Waals surface area contributed by atoms with Crippen molar-refractivity contribution in [1.82, 2.24) is 24.7 Å². The molecule has 1 fully saturated rings. The van der Waals surface area contributed by atoms with Crippen LogP contribution in [0.2, 0.25) is 5.02 Å². The van der Waals surface area contributed by atoms with Gasteiger partial charge < -0.3 is 20.3 Å². The first-order valence-corrected chi connectivity index (χ1v) is 14.0. The average Bonchev–Trinajstić information content (AvgIpc) is 3.42. The summed E-state index contributed by atoms with van der Waals surface area (Å²) >= 11 is 6.74. The molecule has 0 saturated carbocycles. The summed E-state index contributed by atoms with van der Waals surface area (Å²) in [5.41, 5.74) is 9.92. The van der Waals surface area contributed by atoms with Crippen molar-refractivity contribution in [3.63, 3.8) is 0 Å². The van der Waals surface area contributed by atoms with Crippen LogP contribution < -0.4 is 16.6 Å². The monoisotopic (exact) mass is 571 g/mol. The Morgan fingerprint density at radius 3 is 2.54 bits per heavy atom. The van der Waals surface area contributed by atoms with E-state index >= 15 is 0 Å². The summed E-state index contributed by atoms with van der Waals surface area (Å²) in [5.74, 6) is 1.38. The van der Waals surface area contributed by atoms with Crippen LogP contribution in [0.25, 0.3) is 33.5 Å². The fraction of sp³-hybridized carbons (Fsp3) is 0.300. The minimum atomic E-state index is -0.204. The van der Waals surface area contributed by atoms with E-state index in [1.807, 2.05) is 30.3 Å². The fourth-order valence-corrected chi connectivity index (χ4v) is 5.32. The number of hydrogen-bond donors (Lipinski definition) is 2. The first kappa shape index (κ1) is 27.1. The van der Waals surface area contributed by atoms with Crippen molar-refractivity contribution in [2.24, 2.45) is 5.73 Å². The number of aromatic nitrogens is 5. The second kappa shape index (κ2) is 11.8. The molecule has 41 heavy (non-hydrogen) atoms. The van der Waals surface area contributed by atoms with Gasteiger partial charge in [0.25, 0.3) is 5.56 Å². The smallest absolute Gasteiger partial charge is 0.260 e. The Morgan fingerprint density at radius 2 is 1.83 bits per heavy atom. The van der Waals surface area contributed by atoms with E-state index in [0.717, 1.165) is 35.8 Å². The minimum absolute atomic E-state index is 0.204. The normalized spacial score (nSPS) is 14.0. The summed E-state index contributed by atoms with van der Waals surface area (Å²) < 4.78 is 12.3. The van der Waals surface area contributed by atoms with Crippen molar-refractivity contribution < 1.29 is 9.26 Å². The lowest BCUT2D eigenvalue weighted by molar-refractivity contribution is 0.0903. The van der Waals surface area contributed by atoms with E-state index in [4.69, 9.17) is 31.6 Å². The topological polar surface area (TPSA) is 134 Å². The maximum absolute atomic E-state index is 14.1. The highest BCUT2D eigenvalue weighted by Gasteiger charge is 2.19. The lowest BCUT2D eigenvalue weighted by atomic mass is 10.0. The van der Waals surface area contributed by atoms with Gasteiger partial charge in [-0.3, -0.25) is 9.36 Å². The molecule has 3 N–H and O–H groups in total. The molecule has 0 bridgehead atoms. The molecule has 1 aliphatic rings. The molecule has 210 valence electrons. The van der Waals surface area contributed by atoms with Crippen LogP contribution >= 0.6 is 11.6 Å². The van der Waals surface area contributed by atoms with Gasteiger partial charge in [0.05, 0.1) is 6.54 Å². The summed E-state index contributed by atoms with van der Waals surface area (Å²) in [6.45, 7) is 4.04. The van der Waals surface area contributed by atoms with Crippen LogP contribution in [0.1, 0.15) is 29.9 Å². The van der Waals surface area contributed by atoms with E-state index in [1.165, 1.54) is 0 Å². The number of fused-ring (bicyclic) bond motifs is 1. The van der Waals surface area contributed by atoms with Crippen LogP contribution in [0.3, 0.4) is 0 Å². The molecular weight excluding hydrogens is 542 g/mol. The molecule has 4 heterocycles. The number of rotatable bonds is 8. The van der Waals surface area contributed by atoms with Crippen molar-refractivity contribution in [2.45, 2.75) is 38.8 Å². The summed E-state index contributed by atoms with van der Waals surface area (Å²) in [7, 11) is 0. The van der Waals surface area contributed by atoms with E-state index < -0.39 is 0 Å². The van der Waals surface area contributed by atoms with Crippen molar-refractivity contribution in [1.29, 1.82) is 0 Å². The molecule has 3 aromatic heterocycles. The standard InChI is InChI=1S/C30H30ClN7O3/c1-18-34-27(37-41-18)21-6-7-24(26(31)15-21)25-14-22-16-33-30(35-23-9-12-40-13-10-23)36-28(22)38(29(25)39)17-20-4-2-19(3-5-20)8-11-32/h2-7,14-16,23H,8-13,17,32H2,1H3,(H,33,35,36). The van der Waals surface area contributed by atoms with Gasteiger partial charge >= 0.3 is 0 Å². The summed E-state index contributed by atoms with van der Waals surface area (Å²) in [6.07, 6.45) is 4.30. The zero-order valence-corrected chi connectivity index (χ0v) is 23.4. The first-order chi connectivity index (χ1) is 20.0. The molecule has 0 radical (unpaired) electrons. The van der Waals surface area contributed by atoms with Gasteiger partial charge in [0.2, 0.25) is 17.7 Å². The SMILES string of the molecule is Cc1nc(-c2ccc(-c3cc4cnc(NC5CCOCC5)nc4n(Cc4ccc(CCN)cc4)c3=O)c(Cl)c2)no1. The van der Waals surface area contributed by atoms with Crippen LogP contribution in [-0.4, -0.2) is 50.5 Å². The molecule has 6 rings (SSSR count). The summed E-state index contributed by atoms with van der Waals surface area (Å²) in [6, 6.07) is 15.5. The molecule has 0 spiro atoms. The molecule has 5 aromatic rings.